The first-order chi connectivity index (χ1) is 11.9. The lowest BCUT2D eigenvalue weighted by Gasteiger charge is -2.30. The minimum Gasteiger partial charge on any atom is -0.308 e. The second-order valence-corrected chi connectivity index (χ2v) is 9.00. The molecule has 0 radical (unpaired) electrons. The summed E-state index contributed by atoms with van der Waals surface area (Å²) in [5, 5.41) is 0.566. The quantitative estimate of drug-likeness (QED) is 0.820. The van der Waals surface area contributed by atoms with Gasteiger partial charge in [0.15, 0.2) is 9.84 Å². The molecule has 1 amide bonds. The molecule has 1 aliphatic rings. The van der Waals surface area contributed by atoms with Crippen molar-refractivity contribution in [1.29, 1.82) is 0 Å². The molecule has 0 aromatic heterocycles. The minimum atomic E-state index is -3.10. The zero-order chi connectivity index (χ0) is 18.0. The van der Waals surface area contributed by atoms with E-state index in [2.05, 4.69) is 0 Å². The Bertz CT molecular complexity index is 881. The van der Waals surface area contributed by atoms with E-state index in [0.29, 0.717) is 17.1 Å². The van der Waals surface area contributed by atoms with E-state index in [4.69, 9.17) is 11.6 Å². The Morgan fingerprint density at radius 2 is 1.88 bits per heavy atom. The summed E-state index contributed by atoms with van der Waals surface area (Å²) in [5.74, 6) is 0.00460. The fourth-order valence-electron chi connectivity index (χ4n) is 3.23. The standard InChI is InChI=1S/C19H20ClNO3S/c1-14-17(20)8-5-9-18(14)21(16-10-11-25(23,24)13-16)19(22)12-15-6-3-2-4-7-15/h2-9,16H,10-13H2,1H3. The number of carbonyl (C=O) groups excluding carboxylic acids is 1. The van der Waals surface area contributed by atoms with Crippen LogP contribution in [0.5, 0.6) is 0 Å². The van der Waals surface area contributed by atoms with Gasteiger partial charge >= 0.3 is 0 Å². The Labute approximate surface area is 153 Å². The fraction of sp³-hybridized carbons (Fsp3) is 0.316. The van der Waals surface area contributed by atoms with Gasteiger partial charge in [0, 0.05) is 10.7 Å². The molecule has 25 heavy (non-hydrogen) atoms. The number of amides is 1. The van der Waals surface area contributed by atoms with Crippen molar-refractivity contribution in [1.82, 2.24) is 0 Å². The Kier molecular flexibility index (Phi) is 5.16. The molecule has 0 bridgehead atoms. The molecule has 6 heteroatoms. The number of rotatable bonds is 4. The Morgan fingerprint density at radius 3 is 2.52 bits per heavy atom. The zero-order valence-corrected chi connectivity index (χ0v) is 15.6. The van der Waals surface area contributed by atoms with Crippen LogP contribution in [0.4, 0.5) is 5.69 Å². The molecule has 0 aliphatic carbocycles. The Morgan fingerprint density at radius 1 is 1.16 bits per heavy atom. The van der Waals surface area contributed by atoms with Crippen LogP contribution < -0.4 is 4.90 Å². The van der Waals surface area contributed by atoms with Gasteiger partial charge in [-0.25, -0.2) is 8.42 Å². The highest BCUT2D eigenvalue weighted by Gasteiger charge is 2.36. The maximum absolute atomic E-state index is 13.1. The average Bonchev–Trinajstić information content (AvgIpc) is 2.92. The fourth-order valence-corrected chi connectivity index (χ4v) is 5.10. The molecule has 0 spiro atoms. The number of halogens is 1. The summed E-state index contributed by atoms with van der Waals surface area (Å²) in [6.07, 6.45) is 0.679. The van der Waals surface area contributed by atoms with Crippen molar-refractivity contribution in [2.45, 2.75) is 25.8 Å². The van der Waals surface area contributed by atoms with Crippen molar-refractivity contribution in [2.24, 2.45) is 0 Å². The third-order valence-electron chi connectivity index (χ3n) is 4.54. The highest BCUT2D eigenvalue weighted by Crippen LogP contribution is 2.31. The molecule has 1 atom stereocenters. The Balaban J connectivity index is 1.97. The van der Waals surface area contributed by atoms with Gasteiger partial charge in [0.2, 0.25) is 5.91 Å². The number of anilines is 1. The molecule has 0 N–H and O–H groups in total. The topological polar surface area (TPSA) is 54.5 Å². The predicted molar refractivity (Wildman–Crippen MR) is 101 cm³/mol. The maximum atomic E-state index is 13.1. The van der Waals surface area contributed by atoms with Gasteiger partial charge in [-0.15, -0.1) is 0 Å². The van der Waals surface area contributed by atoms with Crippen molar-refractivity contribution in [3.8, 4) is 0 Å². The number of sulfone groups is 1. The number of benzene rings is 2. The summed E-state index contributed by atoms with van der Waals surface area (Å²) < 4.78 is 23.9. The molecule has 1 aliphatic heterocycles. The molecule has 132 valence electrons. The first-order valence-corrected chi connectivity index (χ1v) is 10.4. The van der Waals surface area contributed by atoms with Crippen molar-refractivity contribution in [2.75, 3.05) is 16.4 Å². The van der Waals surface area contributed by atoms with Gasteiger partial charge in [-0.2, -0.15) is 0 Å². The lowest BCUT2D eigenvalue weighted by Crippen LogP contribution is -2.42. The van der Waals surface area contributed by atoms with E-state index < -0.39 is 9.84 Å². The molecule has 2 aromatic carbocycles. The zero-order valence-electron chi connectivity index (χ0n) is 14.0. The van der Waals surface area contributed by atoms with Crippen LogP contribution in [0.1, 0.15) is 17.5 Å². The second-order valence-electron chi connectivity index (χ2n) is 6.37. The molecule has 1 heterocycles. The van der Waals surface area contributed by atoms with Crippen LogP contribution in [-0.2, 0) is 21.1 Å². The number of hydrogen-bond donors (Lipinski definition) is 0. The van der Waals surface area contributed by atoms with E-state index in [-0.39, 0.29) is 29.9 Å². The second kappa shape index (κ2) is 7.18. The van der Waals surface area contributed by atoms with Crippen molar-refractivity contribution in [3.63, 3.8) is 0 Å². The van der Waals surface area contributed by atoms with E-state index >= 15 is 0 Å². The van der Waals surface area contributed by atoms with E-state index in [9.17, 15) is 13.2 Å². The van der Waals surface area contributed by atoms with Gasteiger partial charge < -0.3 is 4.90 Å². The smallest absolute Gasteiger partial charge is 0.231 e. The molecule has 1 fully saturated rings. The molecular weight excluding hydrogens is 358 g/mol. The van der Waals surface area contributed by atoms with E-state index in [1.807, 2.05) is 43.3 Å². The van der Waals surface area contributed by atoms with Crippen LogP contribution in [0.15, 0.2) is 48.5 Å². The first-order valence-electron chi connectivity index (χ1n) is 8.19. The third-order valence-corrected chi connectivity index (χ3v) is 6.70. The SMILES string of the molecule is Cc1c(Cl)cccc1N(C(=O)Cc1ccccc1)C1CCS(=O)(=O)C1. The van der Waals surface area contributed by atoms with E-state index in [1.54, 1.807) is 17.0 Å². The normalized spacial score (nSPS) is 18.9. The van der Waals surface area contributed by atoms with Crippen LogP contribution in [0.2, 0.25) is 5.02 Å². The van der Waals surface area contributed by atoms with Crippen LogP contribution in [0.3, 0.4) is 0 Å². The van der Waals surface area contributed by atoms with Crippen LogP contribution in [0.25, 0.3) is 0 Å². The van der Waals surface area contributed by atoms with Crippen molar-refractivity contribution < 1.29 is 13.2 Å². The lowest BCUT2D eigenvalue weighted by atomic mass is 10.1. The van der Waals surface area contributed by atoms with Crippen LogP contribution >= 0.6 is 11.6 Å². The van der Waals surface area contributed by atoms with E-state index in [0.717, 1.165) is 11.1 Å². The van der Waals surface area contributed by atoms with E-state index in [1.165, 1.54) is 0 Å². The van der Waals surface area contributed by atoms with Gasteiger partial charge in [-0.1, -0.05) is 48.0 Å². The van der Waals surface area contributed by atoms with Crippen molar-refractivity contribution in [3.05, 3.63) is 64.7 Å². The minimum absolute atomic E-state index is 0.000513. The molecule has 2 aromatic rings. The highest BCUT2D eigenvalue weighted by molar-refractivity contribution is 7.91. The summed E-state index contributed by atoms with van der Waals surface area (Å²) in [6, 6.07) is 14.5. The number of nitrogens with zero attached hydrogens (tertiary/aromatic N) is 1. The number of carbonyl (C=O) groups is 1. The van der Waals surface area contributed by atoms with Gasteiger partial charge in [-0.05, 0) is 36.6 Å². The largest absolute Gasteiger partial charge is 0.308 e. The number of hydrogen-bond acceptors (Lipinski definition) is 3. The maximum Gasteiger partial charge on any atom is 0.231 e. The average molecular weight is 378 g/mol. The summed E-state index contributed by atoms with van der Waals surface area (Å²) in [6.45, 7) is 1.85. The first kappa shape index (κ1) is 18.0. The summed E-state index contributed by atoms with van der Waals surface area (Å²) in [5.41, 5.74) is 2.38. The third kappa shape index (κ3) is 4.05. The molecule has 3 rings (SSSR count). The van der Waals surface area contributed by atoms with Gasteiger partial charge in [-0.3, -0.25) is 4.79 Å². The predicted octanol–water partition coefficient (Wildman–Crippen LogP) is 3.41. The summed E-state index contributed by atoms with van der Waals surface area (Å²) in [4.78, 5) is 14.7. The van der Waals surface area contributed by atoms with Gasteiger partial charge in [0.25, 0.3) is 0 Å². The molecular formula is C19H20ClNO3S. The van der Waals surface area contributed by atoms with Crippen LogP contribution in [-0.4, -0.2) is 31.9 Å². The highest BCUT2D eigenvalue weighted by atomic mass is 35.5. The molecule has 4 nitrogen and oxygen atoms in total. The summed E-state index contributed by atoms with van der Waals surface area (Å²) >= 11 is 6.23. The molecule has 1 unspecified atom stereocenters. The lowest BCUT2D eigenvalue weighted by molar-refractivity contribution is -0.118. The molecule has 1 saturated heterocycles. The van der Waals surface area contributed by atoms with Crippen molar-refractivity contribution >= 4 is 33.0 Å². The summed E-state index contributed by atoms with van der Waals surface area (Å²) in [7, 11) is -3.10. The monoisotopic (exact) mass is 377 g/mol. The van der Waals surface area contributed by atoms with Gasteiger partial charge in [0.1, 0.15) is 0 Å². The Hall–Kier alpha value is -1.85. The van der Waals surface area contributed by atoms with Gasteiger partial charge in [0.05, 0.1) is 24.0 Å². The van der Waals surface area contributed by atoms with Crippen LogP contribution in [0, 0.1) is 6.92 Å². The molecule has 0 saturated carbocycles.